The Morgan fingerprint density at radius 3 is 2.05 bits per heavy atom. The van der Waals surface area contributed by atoms with Crippen LogP contribution in [0.4, 0.5) is 0 Å². The van der Waals surface area contributed by atoms with E-state index >= 15 is 0 Å². The Morgan fingerprint density at radius 1 is 0.955 bits per heavy atom. The van der Waals surface area contributed by atoms with E-state index in [0.717, 1.165) is 5.75 Å². The van der Waals surface area contributed by atoms with Crippen molar-refractivity contribution in [2.45, 2.75) is 0 Å². The molecule has 2 aromatic carbocycles. The molecule has 0 atom stereocenters. The largest absolute Gasteiger partial charge is 0.507 e. The molecule has 2 N–H and O–H groups in total. The summed E-state index contributed by atoms with van der Waals surface area (Å²) in [5.41, 5.74) is -0.165. The zero-order valence-electron chi connectivity index (χ0n) is 12.0. The summed E-state index contributed by atoms with van der Waals surface area (Å²) in [6.45, 7) is 0.575. The lowest BCUT2D eigenvalue weighted by molar-refractivity contribution is 0.0693. The van der Waals surface area contributed by atoms with Crippen molar-refractivity contribution >= 4 is 5.97 Å². The molecular weight excluding hydrogens is 288 g/mol. The minimum Gasteiger partial charge on any atom is -0.507 e. The minimum atomic E-state index is -1.19. The molecule has 0 amide bonds. The highest BCUT2D eigenvalue weighted by atomic mass is 16.5. The number of carbonyl (C=O) groups is 1. The quantitative estimate of drug-likeness (QED) is 0.765. The maximum Gasteiger partial charge on any atom is 0.339 e. The van der Waals surface area contributed by atoms with Gasteiger partial charge in [-0.1, -0.05) is 0 Å². The first kappa shape index (κ1) is 15.5. The topological polar surface area (TPSA) is 85.2 Å². The molecule has 0 aliphatic heterocycles. The van der Waals surface area contributed by atoms with E-state index in [4.69, 9.17) is 19.3 Å². The van der Waals surface area contributed by atoms with E-state index in [9.17, 15) is 9.90 Å². The van der Waals surface area contributed by atoms with Gasteiger partial charge >= 0.3 is 5.97 Å². The molecule has 0 aliphatic carbocycles. The van der Waals surface area contributed by atoms with E-state index in [1.807, 2.05) is 0 Å². The van der Waals surface area contributed by atoms with E-state index < -0.39 is 5.97 Å². The molecule has 0 unspecified atom stereocenters. The third-order valence-corrected chi connectivity index (χ3v) is 2.88. The summed E-state index contributed by atoms with van der Waals surface area (Å²) in [6, 6.07) is 11.2. The van der Waals surface area contributed by atoms with Gasteiger partial charge in [-0.15, -0.1) is 0 Å². The van der Waals surface area contributed by atoms with Crippen LogP contribution in [0, 0.1) is 0 Å². The van der Waals surface area contributed by atoms with Gasteiger partial charge in [0, 0.05) is 6.07 Å². The Balaban J connectivity index is 1.81. The van der Waals surface area contributed by atoms with E-state index in [1.165, 1.54) is 18.2 Å². The highest BCUT2D eigenvalue weighted by Gasteiger charge is 2.10. The molecular formula is C16H16O6. The lowest BCUT2D eigenvalue weighted by Crippen LogP contribution is -2.09. The Bertz CT molecular complexity index is 636. The fourth-order valence-corrected chi connectivity index (χ4v) is 1.77. The standard InChI is InChI=1S/C16H16O6/c1-20-11-2-4-12(5-3-11)21-8-9-22-13-6-7-14(16(18)19)15(17)10-13/h2-7,10,17H,8-9H2,1H3,(H,18,19). The van der Waals surface area contributed by atoms with Crippen molar-refractivity contribution in [3.05, 3.63) is 48.0 Å². The smallest absolute Gasteiger partial charge is 0.339 e. The molecule has 0 saturated carbocycles. The first-order valence-corrected chi connectivity index (χ1v) is 6.56. The number of aromatic carboxylic acids is 1. The van der Waals surface area contributed by atoms with Crippen molar-refractivity contribution < 1.29 is 29.2 Å². The molecule has 0 aromatic heterocycles. The Morgan fingerprint density at radius 2 is 1.50 bits per heavy atom. The third kappa shape index (κ3) is 4.05. The predicted molar refractivity (Wildman–Crippen MR) is 79.1 cm³/mol. The molecule has 0 bridgehead atoms. The molecule has 2 aromatic rings. The van der Waals surface area contributed by atoms with Crippen molar-refractivity contribution in [1.82, 2.24) is 0 Å². The summed E-state index contributed by atoms with van der Waals surface area (Å²) in [7, 11) is 1.59. The number of ether oxygens (including phenoxy) is 3. The molecule has 116 valence electrons. The number of carboxylic acid groups (broad SMARTS) is 1. The molecule has 0 radical (unpaired) electrons. The average molecular weight is 304 g/mol. The van der Waals surface area contributed by atoms with E-state index in [-0.39, 0.29) is 17.9 Å². The summed E-state index contributed by atoms with van der Waals surface area (Å²) in [5.74, 6) is 0.292. The van der Waals surface area contributed by atoms with Crippen molar-refractivity contribution in [3.63, 3.8) is 0 Å². The molecule has 0 saturated heterocycles. The van der Waals surface area contributed by atoms with Crippen LogP contribution in [0.5, 0.6) is 23.0 Å². The van der Waals surface area contributed by atoms with Crippen LogP contribution in [0.3, 0.4) is 0 Å². The first-order chi connectivity index (χ1) is 10.6. The van der Waals surface area contributed by atoms with Crippen LogP contribution in [0.15, 0.2) is 42.5 Å². The molecule has 6 heteroatoms. The van der Waals surface area contributed by atoms with E-state index in [1.54, 1.807) is 31.4 Å². The Kier molecular flexibility index (Phi) is 5.08. The number of hydrogen-bond donors (Lipinski definition) is 2. The first-order valence-electron chi connectivity index (χ1n) is 6.56. The number of methoxy groups -OCH3 is 1. The summed E-state index contributed by atoms with van der Waals surface area (Å²) in [5, 5.41) is 18.3. The Labute approximate surface area is 127 Å². The molecule has 0 aliphatic rings. The summed E-state index contributed by atoms with van der Waals surface area (Å²) in [6.07, 6.45) is 0. The summed E-state index contributed by atoms with van der Waals surface area (Å²) >= 11 is 0. The Hall–Kier alpha value is -2.89. The molecule has 6 nitrogen and oxygen atoms in total. The average Bonchev–Trinajstić information content (AvgIpc) is 2.52. The number of aromatic hydroxyl groups is 1. The number of benzene rings is 2. The molecule has 2 rings (SSSR count). The fourth-order valence-electron chi connectivity index (χ4n) is 1.77. The van der Waals surface area contributed by atoms with Crippen LogP contribution in [0.1, 0.15) is 10.4 Å². The fraction of sp³-hybridized carbons (Fsp3) is 0.188. The molecule has 22 heavy (non-hydrogen) atoms. The molecule has 0 spiro atoms. The lowest BCUT2D eigenvalue weighted by atomic mass is 10.2. The minimum absolute atomic E-state index is 0.165. The van der Waals surface area contributed by atoms with Crippen LogP contribution in [-0.2, 0) is 0 Å². The van der Waals surface area contributed by atoms with Gasteiger partial charge in [-0.05, 0) is 36.4 Å². The van der Waals surface area contributed by atoms with Gasteiger partial charge in [-0.2, -0.15) is 0 Å². The maximum absolute atomic E-state index is 10.8. The third-order valence-electron chi connectivity index (χ3n) is 2.88. The van der Waals surface area contributed by atoms with Gasteiger partial charge in [0.05, 0.1) is 7.11 Å². The normalized spacial score (nSPS) is 10.0. The van der Waals surface area contributed by atoms with Gasteiger partial charge in [0.15, 0.2) is 0 Å². The van der Waals surface area contributed by atoms with Crippen molar-refractivity contribution in [1.29, 1.82) is 0 Å². The number of carboxylic acids is 1. The summed E-state index contributed by atoms with van der Waals surface area (Å²) < 4.78 is 15.9. The van der Waals surface area contributed by atoms with E-state index in [0.29, 0.717) is 18.1 Å². The van der Waals surface area contributed by atoms with Crippen LogP contribution in [0.25, 0.3) is 0 Å². The van der Waals surface area contributed by atoms with Gasteiger partial charge < -0.3 is 24.4 Å². The zero-order chi connectivity index (χ0) is 15.9. The highest BCUT2D eigenvalue weighted by molar-refractivity contribution is 5.90. The van der Waals surface area contributed by atoms with Gasteiger partial charge in [0.1, 0.15) is 41.8 Å². The number of rotatable bonds is 7. The van der Waals surface area contributed by atoms with Crippen LogP contribution < -0.4 is 14.2 Å². The maximum atomic E-state index is 10.8. The lowest BCUT2D eigenvalue weighted by Gasteiger charge is -2.09. The zero-order valence-corrected chi connectivity index (χ0v) is 12.0. The second kappa shape index (κ2) is 7.21. The number of phenols is 1. The van der Waals surface area contributed by atoms with Crippen LogP contribution in [-0.4, -0.2) is 36.5 Å². The van der Waals surface area contributed by atoms with Gasteiger partial charge in [-0.25, -0.2) is 4.79 Å². The highest BCUT2D eigenvalue weighted by Crippen LogP contribution is 2.23. The van der Waals surface area contributed by atoms with Crippen molar-refractivity contribution in [2.24, 2.45) is 0 Å². The van der Waals surface area contributed by atoms with Crippen molar-refractivity contribution in [2.75, 3.05) is 20.3 Å². The second-order valence-corrected chi connectivity index (χ2v) is 4.36. The van der Waals surface area contributed by atoms with Crippen molar-refractivity contribution in [3.8, 4) is 23.0 Å². The van der Waals surface area contributed by atoms with Gasteiger partial charge in [0.2, 0.25) is 0 Å². The van der Waals surface area contributed by atoms with Gasteiger partial charge in [0.25, 0.3) is 0 Å². The van der Waals surface area contributed by atoms with E-state index in [2.05, 4.69) is 0 Å². The second-order valence-electron chi connectivity index (χ2n) is 4.36. The number of hydrogen-bond acceptors (Lipinski definition) is 5. The molecule has 0 fully saturated rings. The molecule has 0 heterocycles. The monoisotopic (exact) mass is 304 g/mol. The summed E-state index contributed by atoms with van der Waals surface area (Å²) in [4.78, 5) is 10.8. The van der Waals surface area contributed by atoms with Crippen LogP contribution >= 0.6 is 0 Å². The SMILES string of the molecule is COc1ccc(OCCOc2ccc(C(=O)O)c(O)c2)cc1. The van der Waals surface area contributed by atoms with Gasteiger partial charge in [-0.3, -0.25) is 0 Å². The predicted octanol–water partition coefficient (Wildman–Crippen LogP) is 2.56. The van der Waals surface area contributed by atoms with Crippen LogP contribution in [0.2, 0.25) is 0 Å².